The summed E-state index contributed by atoms with van der Waals surface area (Å²) in [6.07, 6.45) is 0. The average Bonchev–Trinajstić information content (AvgIpc) is 3.21. The van der Waals surface area contributed by atoms with Crippen LogP contribution in [-0.2, 0) is 15.1 Å². The molecular formula is C20H15ClFN3O4. The number of halogens is 2. The maximum atomic E-state index is 13.8. The molecule has 0 aliphatic carbocycles. The van der Waals surface area contributed by atoms with Crippen molar-refractivity contribution < 1.29 is 23.2 Å². The largest absolute Gasteiger partial charge is 0.458 e. The van der Waals surface area contributed by atoms with Gasteiger partial charge >= 0.3 is 6.03 Å². The Balaban J connectivity index is 1.54. The summed E-state index contributed by atoms with van der Waals surface area (Å²) in [6.45, 7) is 0.909. The minimum atomic E-state index is -1.46. The Morgan fingerprint density at radius 1 is 1.24 bits per heavy atom. The monoisotopic (exact) mass is 415 g/mol. The average molecular weight is 416 g/mol. The smallest absolute Gasteiger partial charge is 0.325 e. The maximum Gasteiger partial charge on any atom is 0.325 e. The van der Waals surface area contributed by atoms with Gasteiger partial charge in [0.2, 0.25) is 5.91 Å². The summed E-state index contributed by atoms with van der Waals surface area (Å²) in [5.41, 5.74) is -1.04. The molecule has 1 aliphatic rings. The summed E-state index contributed by atoms with van der Waals surface area (Å²) in [6, 6.07) is 11.8. The fourth-order valence-corrected chi connectivity index (χ4v) is 3.33. The summed E-state index contributed by atoms with van der Waals surface area (Å²) < 4.78 is 19.5. The fourth-order valence-electron chi connectivity index (χ4n) is 3.16. The number of rotatable bonds is 4. The van der Waals surface area contributed by atoms with Gasteiger partial charge in [0.15, 0.2) is 5.54 Å². The lowest BCUT2D eigenvalue weighted by atomic mass is 9.99. The molecule has 1 atom stereocenters. The number of nitrogens with one attached hydrogen (secondary N) is 2. The number of hydrogen-bond donors (Lipinski definition) is 2. The SMILES string of the molecule is CC1(c2cc3ccccc3o2)NC(=O)N(CC(=O)Nc2cc(Cl)ccc2F)C1=O. The molecule has 0 saturated carbocycles. The summed E-state index contributed by atoms with van der Waals surface area (Å²) >= 11 is 5.80. The molecule has 29 heavy (non-hydrogen) atoms. The number of imide groups is 1. The molecule has 0 spiro atoms. The third-order valence-corrected chi connectivity index (χ3v) is 4.93. The molecule has 1 unspecified atom stereocenters. The standard InChI is InChI=1S/C20H15ClFN3O4/c1-20(16-8-11-4-2-3-5-15(11)29-16)18(27)25(19(28)24-20)10-17(26)23-14-9-12(21)6-7-13(14)22/h2-9H,10H2,1H3,(H,23,26)(H,24,28). The first kappa shape index (κ1) is 18.9. The lowest BCUT2D eigenvalue weighted by Crippen LogP contribution is -2.41. The molecule has 148 valence electrons. The van der Waals surface area contributed by atoms with Crippen molar-refractivity contribution in [3.63, 3.8) is 0 Å². The molecule has 1 saturated heterocycles. The van der Waals surface area contributed by atoms with Gasteiger partial charge in [0.25, 0.3) is 5.91 Å². The van der Waals surface area contributed by atoms with E-state index in [1.54, 1.807) is 18.2 Å². The highest BCUT2D eigenvalue weighted by molar-refractivity contribution is 6.30. The van der Waals surface area contributed by atoms with Crippen LogP contribution in [0.5, 0.6) is 0 Å². The lowest BCUT2D eigenvalue weighted by molar-refractivity contribution is -0.134. The topological polar surface area (TPSA) is 91.7 Å². The highest BCUT2D eigenvalue weighted by Gasteiger charge is 2.51. The van der Waals surface area contributed by atoms with Crippen LogP contribution in [0.25, 0.3) is 11.0 Å². The molecule has 7 nitrogen and oxygen atoms in total. The number of amides is 4. The van der Waals surface area contributed by atoms with Gasteiger partial charge in [0, 0.05) is 10.4 Å². The van der Waals surface area contributed by atoms with Crippen molar-refractivity contribution in [2.24, 2.45) is 0 Å². The second-order valence-electron chi connectivity index (χ2n) is 6.77. The fraction of sp³-hybridized carbons (Fsp3) is 0.150. The van der Waals surface area contributed by atoms with Crippen LogP contribution in [0, 0.1) is 5.82 Å². The Labute approximate surface area is 169 Å². The van der Waals surface area contributed by atoms with E-state index >= 15 is 0 Å². The predicted molar refractivity (Wildman–Crippen MR) is 104 cm³/mol. The van der Waals surface area contributed by atoms with Gasteiger partial charge in [-0.3, -0.25) is 14.5 Å². The molecule has 4 amide bonds. The molecule has 3 aromatic rings. The number of carbonyl (C=O) groups excluding carboxylic acids is 3. The maximum absolute atomic E-state index is 13.8. The van der Waals surface area contributed by atoms with Gasteiger partial charge in [-0.15, -0.1) is 0 Å². The van der Waals surface area contributed by atoms with Gasteiger partial charge in [-0.1, -0.05) is 29.8 Å². The second kappa shape index (κ2) is 6.89. The molecule has 1 fully saturated rings. The minimum Gasteiger partial charge on any atom is -0.458 e. The second-order valence-corrected chi connectivity index (χ2v) is 7.20. The first-order valence-corrected chi connectivity index (χ1v) is 9.04. The van der Waals surface area contributed by atoms with Crippen molar-refractivity contribution in [2.75, 3.05) is 11.9 Å². The van der Waals surface area contributed by atoms with Crippen LogP contribution < -0.4 is 10.6 Å². The van der Waals surface area contributed by atoms with Crippen LogP contribution in [-0.4, -0.2) is 29.3 Å². The Morgan fingerprint density at radius 3 is 2.76 bits per heavy atom. The van der Waals surface area contributed by atoms with Crippen LogP contribution in [0.3, 0.4) is 0 Å². The van der Waals surface area contributed by atoms with E-state index in [-0.39, 0.29) is 16.5 Å². The Bertz CT molecular complexity index is 1130. The van der Waals surface area contributed by atoms with Crippen molar-refractivity contribution in [1.29, 1.82) is 0 Å². The lowest BCUT2D eigenvalue weighted by Gasteiger charge is -2.19. The number of para-hydroxylation sites is 1. The summed E-state index contributed by atoms with van der Waals surface area (Å²) in [4.78, 5) is 38.4. The Morgan fingerprint density at radius 2 is 2.00 bits per heavy atom. The van der Waals surface area contributed by atoms with E-state index < -0.39 is 35.7 Å². The van der Waals surface area contributed by atoms with Gasteiger partial charge in [0.05, 0.1) is 5.69 Å². The molecule has 2 heterocycles. The molecule has 2 N–H and O–H groups in total. The van der Waals surface area contributed by atoms with Gasteiger partial charge in [-0.2, -0.15) is 0 Å². The van der Waals surface area contributed by atoms with E-state index in [0.717, 1.165) is 16.4 Å². The zero-order valence-electron chi connectivity index (χ0n) is 15.2. The molecular weight excluding hydrogens is 401 g/mol. The number of benzene rings is 2. The van der Waals surface area contributed by atoms with E-state index in [4.69, 9.17) is 16.0 Å². The Kier molecular flexibility index (Phi) is 4.50. The number of carbonyl (C=O) groups is 3. The molecule has 0 bridgehead atoms. The number of anilines is 1. The van der Waals surface area contributed by atoms with Crippen LogP contribution in [0.4, 0.5) is 14.9 Å². The summed E-state index contributed by atoms with van der Waals surface area (Å²) in [7, 11) is 0. The first-order chi connectivity index (χ1) is 13.8. The molecule has 2 aromatic carbocycles. The van der Waals surface area contributed by atoms with Crippen LogP contribution in [0.15, 0.2) is 52.9 Å². The number of hydrogen-bond acceptors (Lipinski definition) is 4. The third-order valence-electron chi connectivity index (χ3n) is 4.70. The van der Waals surface area contributed by atoms with E-state index in [0.29, 0.717) is 5.58 Å². The molecule has 0 radical (unpaired) electrons. The van der Waals surface area contributed by atoms with Crippen LogP contribution in [0.2, 0.25) is 5.02 Å². The normalized spacial score (nSPS) is 18.9. The van der Waals surface area contributed by atoms with Crippen molar-refractivity contribution >= 4 is 46.1 Å². The van der Waals surface area contributed by atoms with E-state index in [1.807, 2.05) is 12.1 Å². The van der Waals surface area contributed by atoms with Crippen LogP contribution in [0.1, 0.15) is 12.7 Å². The van der Waals surface area contributed by atoms with Crippen molar-refractivity contribution in [1.82, 2.24) is 10.2 Å². The van der Waals surface area contributed by atoms with Gasteiger partial charge in [0.1, 0.15) is 23.7 Å². The van der Waals surface area contributed by atoms with E-state index in [2.05, 4.69) is 10.6 Å². The van der Waals surface area contributed by atoms with Crippen molar-refractivity contribution in [3.05, 3.63) is 65.1 Å². The molecule has 4 rings (SSSR count). The zero-order chi connectivity index (χ0) is 20.8. The highest BCUT2D eigenvalue weighted by atomic mass is 35.5. The van der Waals surface area contributed by atoms with Crippen molar-refractivity contribution in [2.45, 2.75) is 12.5 Å². The number of nitrogens with zero attached hydrogens (tertiary/aromatic N) is 1. The van der Waals surface area contributed by atoms with E-state index in [1.165, 1.54) is 19.1 Å². The van der Waals surface area contributed by atoms with Gasteiger partial charge < -0.3 is 15.1 Å². The Hall–Kier alpha value is -3.39. The molecule has 1 aliphatic heterocycles. The van der Waals surface area contributed by atoms with Gasteiger partial charge in [-0.25, -0.2) is 9.18 Å². The van der Waals surface area contributed by atoms with Crippen molar-refractivity contribution in [3.8, 4) is 0 Å². The summed E-state index contributed by atoms with van der Waals surface area (Å²) in [5.74, 6) is -1.83. The van der Waals surface area contributed by atoms with Gasteiger partial charge in [-0.05, 0) is 37.3 Å². The molecule has 1 aromatic heterocycles. The minimum absolute atomic E-state index is 0.144. The summed E-state index contributed by atoms with van der Waals surface area (Å²) in [5, 5.41) is 5.88. The predicted octanol–water partition coefficient (Wildman–Crippen LogP) is 3.63. The molecule has 9 heteroatoms. The van der Waals surface area contributed by atoms with Crippen LogP contribution >= 0.6 is 11.6 Å². The first-order valence-electron chi connectivity index (χ1n) is 8.66. The zero-order valence-corrected chi connectivity index (χ0v) is 15.9. The third kappa shape index (κ3) is 3.31. The number of fused-ring (bicyclic) bond motifs is 1. The quantitative estimate of drug-likeness (QED) is 0.636. The number of furan rings is 1. The van der Waals surface area contributed by atoms with E-state index in [9.17, 15) is 18.8 Å². The highest BCUT2D eigenvalue weighted by Crippen LogP contribution is 2.33. The number of urea groups is 1.